The van der Waals surface area contributed by atoms with Gasteiger partial charge in [-0.2, -0.15) is 5.10 Å². The molecule has 3 heterocycles. The number of hydrogen-bond acceptors (Lipinski definition) is 2. The molecule has 0 fully saturated rings. The van der Waals surface area contributed by atoms with Crippen molar-refractivity contribution in [1.29, 1.82) is 0 Å². The molecule has 0 radical (unpaired) electrons. The largest absolute Gasteiger partial charge is 0.298 e. The summed E-state index contributed by atoms with van der Waals surface area (Å²) in [4.78, 5) is 4.72. The Morgan fingerprint density at radius 2 is 2.00 bits per heavy atom. The van der Waals surface area contributed by atoms with Gasteiger partial charge < -0.3 is 0 Å². The SMILES string of the molecule is Cc1ccc2cc(CCCF)n(-c3cc(C)c4[nH]ncc4c3)c2n1. The maximum Gasteiger partial charge on any atom is 0.144 e. The number of nitrogens with one attached hydrogen (secondary N) is 1. The monoisotopic (exact) mass is 322 g/mol. The van der Waals surface area contributed by atoms with Crippen LogP contribution in [0, 0.1) is 13.8 Å². The molecule has 4 rings (SSSR count). The molecule has 0 spiro atoms. The van der Waals surface area contributed by atoms with E-state index in [0.29, 0.717) is 12.8 Å². The number of hydrogen-bond donors (Lipinski definition) is 1. The lowest BCUT2D eigenvalue weighted by Gasteiger charge is -2.12. The highest BCUT2D eigenvalue weighted by Crippen LogP contribution is 2.28. The van der Waals surface area contributed by atoms with E-state index in [1.807, 2.05) is 19.2 Å². The number of nitrogens with zero attached hydrogens (tertiary/aromatic N) is 3. The van der Waals surface area contributed by atoms with Crippen molar-refractivity contribution in [2.24, 2.45) is 0 Å². The summed E-state index contributed by atoms with van der Waals surface area (Å²) in [7, 11) is 0. The molecule has 0 aliphatic rings. The van der Waals surface area contributed by atoms with E-state index >= 15 is 0 Å². The van der Waals surface area contributed by atoms with Crippen LogP contribution in [0.1, 0.15) is 23.4 Å². The Bertz CT molecular complexity index is 1030. The zero-order valence-corrected chi connectivity index (χ0v) is 13.8. The lowest BCUT2D eigenvalue weighted by atomic mass is 10.1. The molecule has 0 saturated heterocycles. The molecule has 0 amide bonds. The van der Waals surface area contributed by atoms with Crippen LogP contribution in [0.5, 0.6) is 0 Å². The average Bonchev–Trinajstić information content (AvgIpc) is 3.16. The zero-order chi connectivity index (χ0) is 16.7. The Morgan fingerprint density at radius 1 is 1.12 bits per heavy atom. The molecule has 0 aliphatic heterocycles. The van der Waals surface area contributed by atoms with Gasteiger partial charge in [0, 0.05) is 27.8 Å². The second kappa shape index (κ2) is 5.74. The maximum absolute atomic E-state index is 12.7. The summed E-state index contributed by atoms with van der Waals surface area (Å²) in [5, 5.41) is 9.31. The number of fused-ring (bicyclic) bond motifs is 2. The average molecular weight is 322 g/mol. The summed E-state index contributed by atoms with van der Waals surface area (Å²) >= 11 is 0. The predicted molar refractivity (Wildman–Crippen MR) is 94.5 cm³/mol. The molecular formula is C19H19FN4. The van der Waals surface area contributed by atoms with Crippen molar-refractivity contribution >= 4 is 21.9 Å². The molecule has 24 heavy (non-hydrogen) atoms. The summed E-state index contributed by atoms with van der Waals surface area (Å²) < 4.78 is 14.9. The first-order valence-corrected chi connectivity index (χ1v) is 8.15. The second-order valence-corrected chi connectivity index (χ2v) is 6.23. The minimum atomic E-state index is -0.312. The van der Waals surface area contributed by atoms with Crippen LogP contribution in [-0.2, 0) is 6.42 Å². The Hall–Kier alpha value is -2.69. The molecule has 0 aliphatic carbocycles. The summed E-state index contributed by atoms with van der Waals surface area (Å²) in [6, 6.07) is 10.4. The van der Waals surface area contributed by atoms with E-state index in [1.165, 1.54) is 0 Å². The number of halogens is 1. The van der Waals surface area contributed by atoms with Gasteiger partial charge in [0.05, 0.1) is 18.4 Å². The van der Waals surface area contributed by atoms with Crippen molar-refractivity contribution in [3.05, 3.63) is 53.5 Å². The first kappa shape index (κ1) is 14.9. The number of aromatic nitrogens is 4. The maximum atomic E-state index is 12.7. The third kappa shape index (κ3) is 2.37. The fourth-order valence-electron chi connectivity index (χ4n) is 3.29. The standard InChI is InChI=1S/C19H19FN4/c1-12-8-17(10-15-11-21-23-18(12)15)24-16(4-3-7-20)9-14-6-5-13(2)22-19(14)24/h5-6,8-11H,3-4,7H2,1-2H3,(H,21,23). The first-order valence-electron chi connectivity index (χ1n) is 8.15. The van der Waals surface area contributed by atoms with Gasteiger partial charge in [-0.15, -0.1) is 0 Å². The van der Waals surface area contributed by atoms with E-state index in [0.717, 1.165) is 44.6 Å². The van der Waals surface area contributed by atoms with E-state index in [9.17, 15) is 4.39 Å². The van der Waals surface area contributed by atoms with Gasteiger partial charge in [-0.05, 0) is 62.6 Å². The Morgan fingerprint density at radius 3 is 2.83 bits per heavy atom. The van der Waals surface area contributed by atoms with Crippen LogP contribution >= 0.6 is 0 Å². The number of alkyl halides is 1. The van der Waals surface area contributed by atoms with Gasteiger partial charge >= 0.3 is 0 Å². The summed E-state index contributed by atoms with van der Waals surface area (Å²) in [6.07, 6.45) is 3.04. The molecule has 0 bridgehead atoms. The smallest absolute Gasteiger partial charge is 0.144 e. The van der Waals surface area contributed by atoms with Crippen LogP contribution in [0.15, 0.2) is 36.5 Å². The van der Waals surface area contributed by atoms with Crippen molar-refractivity contribution in [3.63, 3.8) is 0 Å². The first-order chi connectivity index (χ1) is 11.7. The van der Waals surface area contributed by atoms with Crippen LogP contribution in [0.25, 0.3) is 27.6 Å². The van der Waals surface area contributed by atoms with Crippen molar-refractivity contribution in [2.75, 3.05) is 6.67 Å². The predicted octanol–water partition coefficient (Wildman–Crippen LogP) is 4.42. The normalized spacial score (nSPS) is 11.6. The molecule has 1 N–H and O–H groups in total. The minimum absolute atomic E-state index is 0.312. The molecule has 4 nitrogen and oxygen atoms in total. The van der Waals surface area contributed by atoms with Gasteiger partial charge in [0.15, 0.2) is 0 Å². The lowest BCUT2D eigenvalue weighted by Crippen LogP contribution is -2.02. The Kier molecular flexibility index (Phi) is 3.56. The summed E-state index contributed by atoms with van der Waals surface area (Å²) in [6.45, 7) is 3.74. The summed E-state index contributed by atoms with van der Waals surface area (Å²) in [5.74, 6) is 0. The number of aryl methyl sites for hydroxylation is 3. The van der Waals surface area contributed by atoms with Gasteiger partial charge in [-0.3, -0.25) is 14.1 Å². The molecule has 0 atom stereocenters. The summed E-state index contributed by atoms with van der Waals surface area (Å²) in [5.41, 5.74) is 6.20. The van der Waals surface area contributed by atoms with E-state index in [1.54, 1.807) is 0 Å². The molecular weight excluding hydrogens is 303 g/mol. The van der Waals surface area contributed by atoms with E-state index in [-0.39, 0.29) is 6.67 Å². The van der Waals surface area contributed by atoms with Crippen LogP contribution in [0.4, 0.5) is 4.39 Å². The van der Waals surface area contributed by atoms with Crippen LogP contribution in [-0.4, -0.2) is 26.4 Å². The molecule has 0 saturated carbocycles. The van der Waals surface area contributed by atoms with Crippen molar-refractivity contribution < 1.29 is 4.39 Å². The van der Waals surface area contributed by atoms with Gasteiger partial charge in [0.25, 0.3) is 0 Å². The molecule has 4 aromatic rings. The van der Waals surface area contributed by atoms with Crippen molar-refractivity contribution in [2.45, 2.75) is 26.7 Å². The van der Waals surface area contributed by atoms with Crippen molar-refractivity contribution in [3.8, 4) is 5.69 Å². The van der Waals surface area contributed by atoms with Crippen LogP contribution < -0.4 is 0 Å². The fourth-order valence-corrected chi connectivity index (χ4v) is 3.29. The second-order valence-electron chi connectivity index (χ2n) is 6.23. The molecule has 5 heteroatoms. The van der Waals surface area contributed by atoms with Crippen LogP contribution in [0.2, 0.25) is 0 Å². The number of rotatable bonds is 4. The third-order valence-corrected chi connectivity index (χ3v) is 4.42. The number of pyridine rings is 1. The quantitative estimate of drug-likeness (QED) is 0.604. The highest BCUT2D eigenvalue weighted by atomic mass is 19.1. The zero-order valence-electron chi connectivity index (χ0n) is 13.8. The van der Waals surface area contributed by atoms with E-state index < -0.39 is 0 Å². The molecule has 3 aromatic heterocycles. The number of H-pyrrole nitrogens is 1. The number of aromatic amines is 1. The number of benzene rings is 1. The molecule has 0 unspecified atom stereocenters. The van der Waals surface area contributed by atoms with Gasteiger partial charge in [-0.1, -0.05) is 0 Å². The Balaban J connectivity index is 1.99. The fraction of sp³-hybridized carbons (Fsp3) is 0.263. The highest BCUT2D eigenvalue weighted by molar-refractivity contribution is 5.86. The lowest BCUT2D eigenvalue weighted by molar-refractivity contribution is 0.470. The van der Waals surface area contributed by atoms with Gasteiger partial charge in [0.1, 0.15) is 5.65 Å². The van der Waals surface area contributed by atoms with E-state index in [4.69, 9.17) is 4.98 Å². The molecule has 1 aromatic carbocycles. The van der Waals surface area contributed by atoms with Crippen molar-refractivity contribution in [1.82, 2.24) is 19.7 Å². The molecule has 122 valence electrons. The van der Waals surface area contributed by atoms with Gasteiger partial charge in [-0.25, -0.2) is 4.98 Å². The third-order valence-electron chi connectivity index (χ3n) is 4.42. The van der Waals surface area contributed by atoms with Crippen LogP contribution in [0.3, 0.4) is 0 Å². The topological polar surface area (TPSA) is 46.5 Å². The minimum Gasteiger partial charge on any atom is -0.298 e. The Labute approximate surface area is 139 Å². The highest BCUT2D eigenvalue weighted by Gasteiger charge is 2.14. The van der Waals surface area contributed by atoms with Gasteiger partial charge in [0.2, 0.25) is 0 Å². The van der Waals surface area contributed by atoms with E-state index in [2.05, 4.69) is 46.0 Å².